The molecule has 1 aromatic heterocycles. The van der Waals surface area contributed by atoms with E-state index in [1.54, 1.807) is 30.3 Å². The molecule has 5 nitrogen and oxygen atoms in total. The number of benzene rings is 2. The Hall–Kier alpha value is -2.25. The van der Waals surface area contributed by atoms with Crippen LogP contribution in [-0.4, -0.2) is 24.6 Å². The van der Waals surface area contributed by atoms with E-state index in [0.717, 1.165) is 10.6 Å². The first-order chi connectivity index (χ1) is 11.1. The van der Waals surface area contributed by atoms with E-state index in [4.69, 9.17) is 0 Å². The molecule has 2 aromatic carbocycles. The van der Waals surface area contributed by atoms with E-state index in [9.17, 15) is 8.42 Å². The molecule has 0 aliphatic rings. The third kappa shape index (κ3) is 3.40. The van der Waals surface area contributed by atoms with Crippen LogP contribution in [0.3, 0.4) is 0 Å². The minimum Gasteiger partial charge on any atom is -0.200 e. The molecule has 0 saturated heterocycles. The first kappa shape index (κ1) is 15.6. The van der Waals surface area contributed by atoms with Crippen molar-refractivity contribution in [3.8, 4) is 11.3 Å². The lowest BCUT2D eigenvalue weighted by Crippen LogP contribution is -2.25. The smallest absolute Gasteiger partial charge is 0.200 e. The van der Waals surface area contributed by atoms with Gasteiger partial charge in [-0.2, -0.15) is 18.0 Å². The van der Waals surface area contributed by atoms with Gasteiger partial charge in [0.1, 0.15) is 5.03 Å². The molecule has 0 spiro atoms. The Bertz CT molecular complexity index is 892. The van der Waals surface area contributed by atoms with Gasteiger partial charge in [-0.25, -0.2) is 0 Å². The lowest BCUT2D eigenvalue weighted by Gasteiger charge is -2.11. The summed E-state index contributed by atoms with van der Waals surface area (Å²) in [5, 5.41) is 5.04. The maximum absolute atomic E-state index is 12.5. The number of nitrogens with zero attached hydrogens (tertiary/aromatic N) is 2. The van der Waals surface area contributed by atoms with E-state index in [2.05, 4.69) is 9.93 Å². The minimum atomic E-state index is -3.70. The highest BCUT2D eigenvalue weighted by molar-refractivity contribution is 7.98. The molecule has 1 N–H and O–H groups in total. The number of sulfonamides is 1. The third-order valence-electron chi connectivity index (χ3n) is 3.23. The van der Waals surface area contributed by atoms with Gasteiger partial charge in [0, 0.05) is 11.6 Å². The van der Waals surface area contributed by atoms with Crippen LogP contribution in [-0.2, 0) is 10.0 Å². The molecule has 3 rings (SSSR count). The summed E-state index contributed by atoms with van der Waals surface area (Å²) < 4.78 is 25.0. The zero-order valence-electron chi connectivity index (χ0n) is 12.4. The maximum atomic E-state index is 12.5. The summed E-state index contributed by atoms with van der Waals surface area (Å²) in [5.74, 6) is 0. The van der Waals surface area contributed by atoms with Gasteiger partial charge in [-0.15, -0.1) is 16.9 Å². The van der Waals surface area contributed by atoms with Crippen molar-refractivity contribution < 1.29 is 8.42 Å². The maximum Gasteiger partial charge on any atom is 0.276 e. The summed E-state index contributed by atoms with van der Waals surface area (Å²) in [6.45, 7) is 0. The fourth-order valence-corrected chi connectivity index (χ4v) is 3.49. The predicted octanol–water partition coefficient (Wildman–Crippen LogP) is 3.20. The first-order valence-corrected chi connectivity index (χ1v) is 9.58. The van der Waals surface area contributed by atoms with E-state index >= 15 is 0 Å². The van der Waals surface area contributed by atoms with Crippen LogP contribution < -0.4 is 4.83 Å². The molecule has 0 radical (unpaired) electrons. The highest BCUT2D eigenvalue weighted by Crippen LogP contribution is 2.24. The second-order valence-corrected chi connectivity index (χ2v) is 7.24. The minimum absolute atomic E-state index is 0.195. The predicted molar refractivity (Wildman–Crippen MR) is 92.4 cm³/mol. The molecule has 0 unspecified atom stereocenters. The summed E-state index contributed by atoms with van der Waals surface area (Å²) in [6, 6.07) is 19.6. The van der Waals surface area contributed by atoms with E-state index < -0.39 is 10.0 Å². The Morgan fingerprint density at radius 3 is 2.22 bits per heavy atom. The SMILES string of the molecule is CSc1cc(-c2ccccc2)n(NS(=O)(=O)c2ccccc2)n1. The molecular weight excluding hydrogens is 330 g/mol. The van der Waals surface area contributed by atoms with Crippen molar-refractivity contribution in [3.63, 3.8) is 0 Å². The van der Waals surface area contributed by atoms with Crippen LogP contribution in [0.5, 0.6) is 0 Å². The lowest BCUT2D eigenvalue weighted by molar-refractivity contribution is 0.591. The fraction of sp³-hybridized carbons (Fsp3) is 0.0625. The third-order valence-corrected chi connectivity index (χ3v) is 5.15. The monoisotopic (exact) mass is 345 g/mol. The van der Waals surface area contributed by atoms with Gasteiger partial charge in [-0.1, -0.05) is 48.5 Å². The van der Waals surface area contributed by atoms with Gasteiger partial charge < -0.3 is 0 Å². The Kier molecular flexibility index (Phi) is 4.40. The molecule has 0 atom stereocenters. The molecule has 0 saturated carbocycles. The summed E-state index contributed by atoms with van der Waals surface area (Å²) in [5.41, 5.74) is 1.57. The van der Waals surface area contributed by atoms with Gasteiger partial charge >= 0.3 is 0 Å². The summed E-state index contributed by atoms with van der Waals surface area (Å²) in [6.07, 6.45) is 1.90. The van der Waals surface area contributed by atoms with Crippen LogP contribution in [0.15, 0.2) is 76.7 Å². The summed E-state index contributed by atoms with van der Waals surface area (Å²) in [4.78, 5) is 4.02. The molecule has 0 aliphatic heterocycles. The van der Waals surface area contributed by atoms with Gasteiger partial charge in [-0.05, 0) is 18.4 Å². The summed E-state index contributed by atoms with van der Waals surface area (Å²) in [7, 11) is -3.70. The van der Waals surface area contributed by atoms with Crippen LogP contribution >= 0.6 is 11.8 Å². The van der Waals surface area contributed by atoms with Crippen molar-refractivity contribution >= 4 is 21.8 Å². The average Bonchev–Trinajstić information content (AvgIpc) is 2.99. The van der Waals surface area contributed by atoms with E-state index in [0.29, 0.717) is 5.69 Å². The van der Waals surface area contributed by atoms with Crippen LogP contribution in [0.4, 0.5) is 0 Å². The van der Waals surface area contributed by atoms with Gasteiger partial charge in [0.2, 0.25) is 0 Å². The highest BCUT2D eigenvalue weighted by atomic mass is 32.2. The second kappa shape index (κ2) is 6.47. The largest absolute Gasteiger partial charge is 0.276 e. The molecule has 7 heteroatoms. The van der Waals surface area contributed by atoms with Crippen molar-refractivity contribution in [2.45, 2.75) is 9.92 Å². The molecule has 1 heterocycles. The van der Waals surface area contributed by atoms with Crippen LogP contribution in [0, 0.1) is 0 Å². The topological polar surface area (TPSA) is 64.0 Å². The van der Waals surface area contributed by atoms with Crippen molar-refractivity contribution in [1.82, 2.24) is 9.89 Å². The van der Waals surface area contributed by atoms with Crippen molar-refractivity contribution in [2.24, 2.45) is 0 Å². The number of hydrogen-bond acceptors (Lipinski definition) is 4. The molecule has 3 aromatic rings. The summed E-state index contributed by atoms with van der Waals surface area (Å²) >= 11 is 1.45. The van der Waals surface area contributed by atoms with Crippen LogP contribution in [0.2, 0.25) is 0 Å². The Labute approximate surface area is 139 Å². The lowest BCUT2D eigenvalue weighted by atomic mass is 10.2. The number of nitrogens with one attached hydrogen (secondary N) is 1. The van der Waals surface area contributed by atoms with Crippen LogP contribution in [0.25, 0.3) is 11.3 Å². The number of thioether (sulfide) groups is 1. The van der Waals surface area contributed by atoms with Crippen LogP contribution in [0.1, 0.15) is 0 Å². The van der Waals surface area contributed by atoms with Gasteiger partial charge in [0.05, 0.1) is 10.6 Å². The van der Waals surface area contributed by atoms with E-state index in [1.807, 2.05) is 42.7 Å². The second-order valence-electron chi connectivity index (χ2n) is 4.76. The molecule has 0 bridgehead atoms. The fourth-order valence-electron chi connectivity index (χ4n) is 2.11. The molecule has 0 fully saturated rings. The quantitative estimate of drug-likeness (QED) is 0.721. The van der Waals surface area contributed by atoms with E-state index in [1.165, 1.54) is 16.6 Å². The van der Waals surface area contributed by atoms with Crippen molar-refractivity contribution in [2.75, 3.05) is 11.1 Å². The van der Waals surface area contributed by atoms with Crippen molar-refractivity contribution in [3.05, 3.63) is 66.7 Å². The van der Waals surface area contributed by atoms with Gasteiger partial charge in [0.25, 0.3) is 10.0 Å². The Morgan fingerprint density at radius 1 is 1.00 bits per heavy atom. The number of hydrogen-bond donors (Lipinski definition) is 1. The van der Waals surface area contributed by atoms with Gasteiger partial charge in [0.15, 0.2) is 0 Å². The molecule has 118 valence electrons. The Morgan fingerprint density at radius 2 is 1.61 bits per heavy atom. The molecular formula is C16H15N3O2S2. The standard InChI is InChI=1S/C16H15N3O2S2/c1-22-16-12-15(13-8-4-2-5-9-13)19(17-16)18-23(20,21)14-10-6-3-7-11-14/h2-12,18H,1H3. The molecule has 0 aliphatic carbocycles. The highest BCUT2D eigenvalue weighted by Gasteiger charge is 2.17. The number of rotatable bonds is 5. The Balaban J connectivity index is 2.02. The van der Waals surface area contributed by atoms with Crippen molar-refractivity contribution in [1.29, 1.82) is 0 Å². The zero-order chi connectivity index (χ0) is 16.3. The first-order valence-electron chi connectivity index (χ1n) is 6.87. The normalized spacial score (nSPS) is 11.3. The molecule has 23 heavy (non-hydrogen) atoms. The average molecular weight is 345 g/mol. The molecule has 0 amide bonds. The van der Waals surface area contributed by atoms with Gasteiger partial charge in [-0.3, -0.25) is 0 Å². The number of aromatic nitrogens is 2. The van der Waals surface area contributed by atoms with E-state index in [-0.39, 0.29) is 4.90 Å². The zero-order valence-corrected chi connectivity index (χ0v) is 14.0.